The number of nitrogens with zero attached hydrogens (tertiary/aromatic N) is 2. The quantitative estimate of drug-likeness (QED) is 0.800. The molecule has 0 atom stereocenters. The first kappa shape index (κ1) is 14.7. The molecule has 0 bridgehead atoms. The average molecular weight is 289 g/mol. The van der Waals surface area contributed by atoms with Gasteiger partial charge in [-0.05, 0) is 12.5 Å². The van der Waals surface area contributed by atoms with E-state index in [0.717, 1.165) is 5.56 Å². The van der Waals surface area contributed by atoms with Crippen LogP contribution in [0.5, 0.6) is 0 Å². The largest absolute Gasteiger partial charge is 0.459 e. The van der Waals surface area contributed by atoms with Crippen LogP contribution < -0.4 is 5.32 Å². The number of amides is 1. The maximum absolute atomic E-state index is 11.7. The molecule has 110 valence electrons. The van der Waals surface area contributed by atoms with Crippen molar-refractivity contribution in [2.75, 3.05) is 6.61 Å². The molecule has 0 aliphatic carbocycles. The standard InChI is InChI=1S/C14H15N3O4/c1-2-20-14(19)13-16-11(17-21-13)8-12(18)15-9-10-6-4-3-5-7-10/h3-7H,2,8-9H2,1H3,(H,15,18). The van der Waals surface area contributed by atoms with E-state index >= 15 is 0 Å². The average Bonchev–Trinajstić information content (AvgIpc) is 2.95. The first-order valence-electron chi connectivity index (χ1n) is 6.49. The number of ether oxygens (including phenoxy) is 1. The Morgan fingerprint density at radius 3 is 2.76 bits per heavy atom. The van der Waals surface area contributed by atoms with Crippen LogP contribution >= 0.6 is 0 Å². The Kier molecular flexibility index (Phi) is 5.03. The van der Waals surface area contributed by atoms with Crippen molar-refractivity contribution in [1.82, 2.24) is 15.5 Å². The fourth-order valence-electron chi connectivity index (χ4n) is 1.60. The maximum atomic E-state index is 11.7. The predicted molar refractivity (Wildman–Crippen MR) is 72.2 cm³/mol. The molecule has 0 spiro atoms. The molecule has 21 heavy (non-hydrogen) atoms. The first-order valence-corrected chi connectivity index (χ1v) is 6.49. The Labute approximate surface area is 121 Å². The van der Waals surface area contributed by atoms with Gasteiger partial charge in [0.1, 0.15) is 0 Å². The van der Waals surface area contributed by atoms with Crippen LogP contribution in [0.3, 0.4) is 0 Å². The zero-order valence-corrected chi connectivity index (χ0v) is 11.5. The van der Waals surface area contributed by atoms with Crippen LogP contribution in [0.4, 0.5) is 0 Å². The highest BCUT2D eigenvalue weighted by Gasteiger charge is 2.17. The summed E-state index contributed by atoms with van der Waals surface area (Å²) in [5.74, 6) is -1.05. The second-order valence-electron chi connectivity index (χ2n) is 4.18. The summed E-state index contributed by atoms with van der Waals surface area (Å²) in [6.45, 7) is 2.31. The Balaban J connectivity index is 1.84. The number of hydrogen-bond acceptors (Lipinski definition) is 6. The van der Waals surface area contributed by atoms with Crippen LogP contribution in [-0.2, 0) is 22.5 Å². The summed E-state index contributed by atoms with van der Waals surface area (Å²) in [7, 11) is 0. The molecular weight excluding hydrogens is 274 g/mol. The molecular formula is C14H15N3O4. The van der Waals surface area contributed by atoms with Gasteiger partial charge in [-0.3, -0.25) is 4.79 Å². The van der Waals surface area contributed by atoms with Crippen molar-refractivity contribution in [3.05, 3.63) is 47.6 Å². The lowest BCUT2D eigenvalue weighted by atomic mass is 10.2. The summed E-state index contributed by atoms with van der Waals surface area (Å²) < 4.78 is 9.44. The maximum Gasteiger partial charge on any atom is 0.397 e. The van der Waals surface area contributed by atoms with Gasteiger partial charge in [0.15, 0.2) is 5.82 Å². The zero-order chi connectivity index (χ0) is 15.1. The molecule has 1 aromatic carbocycles. The van der Waals surface area contributed by atoms with Gasteiger partial charge >= 0.3 is 11.9 Å². The molecule has 1 amide bonds. The molecule has 1 heterocycles. The number of benzene rings is 1. The third-order valence-corrected chi connectivity index (χ3v) is 2.57. The third kappa shape index (κ3) is 4.41. The summed E-state index contributed by atoms with van der Waals surface area (Å²) in [6.07, 6.45) is -0.0598. The molecule has 1 aromatic heterocycles. The number of hydrogen-bond donors (Lipinski definition) is 1. The number of aromatic nitrogens is 2. The summed E-state index contributed by atoms with van der Waals surface area (Å²) in [4.78, 5) is 26.9. The fraction of sp³-hybridized carbons (Fsp3) is 0.286. The summed E-state index contributed by atoms with van der Waals surface area (Å²) in [5.41, 5.74) is 0.992. The Bertz CT molecular complexity index is 610. The van der Waals surface area contributed by atoms with Gasteiger partial charge in [0.25, 0.3) is 0 Å². The molecule has 0 aliphatic rings. The molecule has 0 saturated carbocycles. The molecule has 0 radical (unpaired) electrons. The monoisotopic (exact) mass is 289 g/mol. The fourth-order valence-corrected chi connectivity index (χ4v) is 1.60. The van der Waals surface area contributed by atoms with Gasteiger partial charge < -0.3 is 14.6 Å². The van der Waals surface area contributed by atoms with Crippen molar-refractivity contribution in [2.45, 2.75) is 19.9 Å². The highest BCUT2D eigenvalue weighted by atomic mass is 16.6. The molecule has 7 nitrogen and oxygen atoms in total. The van der Waals surface area contributed by atoms with Crippen LogP contribution in [-0.4, -0.2) is 28.6 Å². The van der Waals surface area contributed by atoms with Gasteiger partial charge in [0.05, 0.1) is 13.0 Å². The number of carbonyl (C=O) groups is 2. The van der Waals surface area contributed by atoms with Crippen molar-refractivity contribution in [1.29, 1.82) is 0 Å². The second kappa shape index (κ2) is 7.18. The summed E-state index contributed by atoms with van der Waals surface area (Å²) in [5, 5.41) is 6.30. The van der Waals surface area contributed by atoms with Gasteiger partial charge in [0.2, 0.25) is 5.91 Å². The molecule has 7 heteroatoms. The summed E-state index contributed by atoms with van der Waals surface area (Å²) >= 11 is 0. The minimum absolute atomic E-state index is 0.0598. The Morgan fingerprint density at radius 1 is 1.29 bits per heavy atom. The van der Waals surface area contributed by atoms with Gasteiger partial charge in [-0.2, -0.15) is 4.98 Å². The van der Waals surface area contributed by atoms with E-state index in [4.69, 9.17) is 9.26 Å². The van der Waals surface area contributed by atoms with Crippen molar-refractivity contribution in [3.8, 4) is 0 Å². The first-order chi connectivity index (χ1) is 10.2. The van der Waals surface area contributed by atoms with Crippen LogP contribution in [0.15, 0.2) is 34.9 Å². The molecule has 0 fully saturated rings. The van der Waals surface area contributed by atoms with E-state index in [1.165, 1.54) is 0 Å². The minimum Gasteiger partial charge on any atom is -0.459 e. The molecule has 0 aliphatic heterocycles. The number of esters is 1. The van der Waals surface area contributed by atoms with E-state index in [-0.39, 0.29) is 30.7 Å². The van der Waals surface area contributed by atoms with Crippen LogP contribution in [0.1, 0.15) is 29.0 Å². The number of rotatable bonds is 6. The van der Waals surface area contributed by atoms with Crippen molar-refractivity contribution < 1.29 is 18.8 Å². The lowest BCUT2D eigenvalue weighted by molar-refractivity contribution is -0.120. The topological polar surface area (TPSA) is 94.3 Å². The van der Waals surface area contributed by atoms with Gasteiger partial charge in [0, 0.05) is 6.54 Å². The van der Waals surface area contributed by atoms with Gasteiger partial charge in [-0.15, -0.1) is 0 Å². The normalized spacial score (nSPS) is 10.1. The van der Waals surface area contributed by atoms with E-state index in [2.05, 4.69) is 15.5 Å². The highest BCUT2D eigenvalue weighted by molar-refractivity contribution is 5.84. The molecule has 2 rings (SSSR count). The van der Waals surface area contributed by atoms with E-state index in [0.29, 0.717) is 6.54 Å². The lowest BCUT2D eigenvalue weighted by Crippen LogP contribution is -2.25. The smallest absolute Gasteiger partial charge is 0.397 e. The lowest BCUT2D eigenvalue weighted by Gasteiger charge is -2.03. The zero-order valence-electron chi connectivity index (χ0n) is 11.5. The van der Waals surface area contributed by atoms with Crippen LogP contribution in [0.2, 0.25) is 0 Å². The Hall–Kier alpha value is -2.70. The third-order valence-electron chi connectivity index (χ3n) is 2.57. The van der Waals surface area contributed by atoms with Crippen LogP contribution in [0.25, 0.3) is 0 Å². The SMILES string of the molecule is CCOC(=O)c1nc(CC(=O)NCc2ccccc2)no1. The Morgan fingerprint density at radius 2 is 2.05 bits per heavy atom. The van der Waals surface area contributed by atoms with E-state index in [1.807, 2.05) is 30.3 Å². The van der Waals surface area contributed by atoms with E-state index in [9.17, 15) is 9.59 Å². The van der Waals surface area contributed by atoms with Crippen molar-refractivity contribution in [2.24, 2.45) is 0 Å². The van der Waals surface area contributed by atoms with Gasteiger partial charge in [-0.1, -0.05) is 35.5 Å². The molecule has 1 N–H and O–H groups in total. The van der Waals surface area contributed by atoms with Crippen LogP contribution in [0, 0.1) is 0 Å². The second-order valence-corrected chi connectivity index (χ2v) is 4.18. The highest BCUT2D eigenvalue weighted by Crippen LogP contribution is 2.01. The summed E-state index contributed by atoms with van der Waals surface area (Å²) in [6, 6.07) is 9.51. The minimum atomic E-state index is -0.694. The molecule has 0 saturated heterocycles. The predicted octanol–water partition coefficient (Wildman–Crippen LogP) is 1.11. The number of carbonyl (C=O) groups excluding carboxylic acids is 2. The van der Waals surface area contributed by atoms with Crippen molar-refractivity contribution in [3.63, 3.8) is 0 Å². The number of nitrogens with one attached hydrogen (secondary N) is 1. The van der Waals surface area contributed by atoms with Crippen molar-refractivity contribution >= 4 is 11.9 Å². The molecule has 0 unspecified atom stereocenters. The van der Waals surface area contributed by atoms with E-state index < -0.39 is 5.97 Å². The molecule has 2 aromatic rings. The van der Waals surface area contributed by atoms with Gasteiger partial charge in [-0.25, -0.2) is 4.79 Å². The van der Waals surface area contributed by atoms with E-state index in [1.54, 1.807) is 6.92 Å².